The summed E-state index contributed by atoms with van der Waals surface area (Å²) in [7, 11) is 3.40. The van der Waals surface area contributed by atoms with E-state index in [1.807, 2.05) is 47.4 Å². The molecule has 0 saturated heterocycles. The molecular formula is C54H52N6O6. The van der Waals surface area contributed by atoms with Crippen molar-refractivity contribution in [2.75, 3.05) is 33.9 Å². The Morgan fingerprint density at radius 3 is 1.67 bits per heavy atom. The molecule has 0 unspecified atom stereocenters. The van der Waals surface area contributed by atoms with Crippen molar-refractivity contribution in [1.29, 1.82) is 0 Å². The summed E-state index contributed by atoms with van der Waals surface area (Å²) < 4.78 is 22.2. The van der Waals surface area contributed by atoms with Crippen molar-refractivity contribution < 1.29 is 28.4 Å². The molecule has 8 aromatic rings. The van der Waals surface area contributed by atoms with Crippen LogP contribution in [-0.4, -0.2) is 70.1 Å². The van der Waals surface area contributed by atoms with Gasteiger partial charge in [-0.05, 0) is 136 Å². The fraction of sp³-hybridized carbons (Fsp3) is 0.241. The Kier molecular flexibility index (Phi) is 13.4. The van der Waals surface area contributed by atoms with Gasteiger partial charge in [-0.1, -0.05) is 95.2 Å². The molecule has 0 fully saturated rings. The summed E-state index contributed by atoms with van der Waals surface area (Å²) in [5, 5.41) is 21.0. The summed E-state index contributed by atoms with van der Waals surface area (Å²) in [5.74, 6) is 1.27. The molecule has 4 heterocycles. The van der Waals surface area contributed by atoms with E-state index in [0.717, 1.165) is 82.5 Å². The molecule has 66 heavy (non-hydrogen) atoms. The van der Waals surface area contributed by atoms with E-state index in [9.17, 15) is 4.79 Å². The molecule has 6 aromatic carbocycles. The van der Waals surface area contributed by atoms with Gasteiger partial charge in [0.1, 0.15) is 0 Å². The van der Waals surface area contributed by atoms with Crippen LogP contribution in [0.1, 0.15) is 44.5 Å². The smallest absolute Gasteiger partial charge is 0.317 e. The van der Waals surface area contributed by atoms with Crippen molar-refractivity contribution in [1.82, 2.24) is 30.5 Å². The van der Waals surface area contributed by atoms with Gasteiger partial charge in [0.25, 0.3) is 11.8 Å². The summed E-state index contributed by atoms with van der Waals surface area (Å²) in [6.45, 7) is 8.50. The number of aromatic nitrogens is 4. The molecule has 0 amide bonds. The molecule has 334 valence electrons. The Balaban J connectivity index is 0.000000167. The maximum absolute atomic E-state index is 11.1. The molecule has 0 bridgehead atoms. The van der Waals surface area contributed by atoms with Gasteiger partial charge in [0, 0.05) is 56.1 Å². The number of fused-ring (bicyclic) bond motifs is 2. The van der Waals surface area contributed by atoms with E-state index in [-0.39, 0.29) is 6.54 Å². The number of rotatable bonds is 12. The minimum atomic E-state index is -0.811. The molecule has 2 aliphatic rings. The third-order valence-electron chi connectivity index (χ3n) is 12.3. The lowest BCUT2D eigenvalue weighted by Crippen LogP contribution is -2.34. The van der Waals surface area contributed by atoms with Crippen LogP contribution in [-0.2, 0) is 53.4 Å². The van der Waals surface area contributed by atoms with Crippen molar-refractivity contribution in [3.8, 4) is 67.9 Å². The van der Waals surface area contributed by atoms with Crippen molar-refractivity contribution in [3.05, 3.63) is 166 Å². The predicted molar refractivity (Wildman–Crippen MR) is 254 cm³/mol. The Morgan fingerprint density at radius 2 is 1.14 bits per heavy atom. The molecular weight excluding hydrogens is 829 g/mol. The molecule has 0 radical (unpaired) electrons. The van der Waals surface area contributed by atoms with Gasteiger partial charge in [0.05, 0.1) is 19.8 Å². The normalized spacial score (nSPS) is 13.4. The number of nitrogens with one attached hydrogen (secondary N) is 1. The number of benzene rings is 6. The van der Waals surface area contributed by atoms with Crippen molar-refractivity contribution >= 4 is 5.97 Å². The Hall–Kier alpha value is -7.09. The fourth-order valence-electron chi connectivity index (χ4n) is 8.90. The number of carboxylic acid groups (broad SMARTS) is 1. The van der Waals surface area contributed by atoms with Crippen LogP contribution in [0.3, 0.4) is 0 Å². The largest absolute Gasteiger partial charge is 0.480 e. The standard InChI is InChI=1S/C28H27N3O4.C26H25N3O2/c1-18-5-3-4-6-24(18)25-10-9-21(14-23(25)17-34-2)28-29-27(30-35-28)20-8-7-19-11-12-31(16-26(32)33)15-22(19)13-20;1-17-5-3-4-6-23(17)24-10-9-20(14-22(24)16-30-2)26-28-25(29-31-26)19-8-7-18-11-12-27-15-21(18)13-19/h3-10,13-14H,11-12,15-17H2,1-2H3,(H,32,33);3-10,13-14,27H,11-12,15-16H2,1-2H3. The Morgan fingerprint density at radius 1 is 0.621 bits per heavy atom. The molecule has 2 aromatic heterocycles. The van der Waals surface area contributed by atoms with Crippen molar-refractivity contribution in [2.45, 2.75) is 53.0 Å². The average Bonchev–Trinajstić information content (AvgIpc) is 4.04. The van der Waals surface area contributed by atoms with Gasteiger partial charge in [-0.3, -0.25) is 9.69 Å². The van der Waals surface area contributed by atoms with E-state index >= 15 is 0 Å². The SMILES string of the molecule is COCc1cc(-c2nc(-c3ccc4c(c3)CN(CC(=O)O)CC4)no2)ccc1-c1ccccc1C.COCc1cc(-c2nc(-c3ccc4c(c3)CNCC4)no2)ccc1-c1ccccc1C. The highest BCUT2D eigenvalue weighted by Gasteiger charge is 2.21. The van der Waals surface area contributed by atoms with Crippen LogP contribution in [0.5, 0.6) is 0 Å². The predicted octanol–water partition coefficient (Wildman–Crippen LogP) is 10.1. The molecule has 2 aliphatic heterocycles. The van der Waals surface area contributed by atoms with Crippen LogP contribution in [0.4, 0.5) is 0 Å². The third kappa shape index (κ3) is 9.77. The van der Waals surface area contributed by atoms with E-state index in [4.69, 9.17) is 23.6 Å². The molecule has 0 saturated carbocycles. The first-order valence-electron chi connectivity index (χ1n) is 22.2. The van der Waals surface area contributed by atoms with Gasteiger partial charge in [0.2, 0.25) is 11.6 Å². The number of aliphatic carboxylic acids is 1. The molecule has 2 N–H and O–H groups in total. The van der Waals surface area contributed by atoms with E-state index in [0.29, 0.717) is 43.2 Å². The van der Waals surface area contributed by atoms with Crippen LogP contribution in [0, 0.1) is 13.8 Å². The highest BCUT2D eigenvalue weighted by atomic mass is 16.5. The highest BCUT2D eigenvalue weighted by molar-refractivity contribution is 5.75. The topological polar surface area (TPSA) is 149 Å². The molecule has 0 aliphatic carbocycles. The second-order valence-corrected chi connectivity index (χ2v) is 16.8. The van der Waals surface area contributed by atoms with Crippen molar-refractivity contribution in [2.24, 2.45) is 0 Å². The van der Waals surface area contributed by atoms with E-state index in [2.05, 4.69) is 118 Å². The Bertz CT molecular complexity index is 3010. The van der Waals surface area contributed by atoms with Gasteiger partial charge in [-0.15, -0.1) is 0 Å². The lowest BCUT2D eigenvalue weighted by Gasteiger charge is -2.27. The Labute approximate surface area is 384 Å². The maximum Gasteiger partial charge on any atom is 0.317 e. The zero-order valence-electron chi connectivity index (χ0n) is 37.6. The molecule has 12 nitrogen and oxygen atoms in total. The minimum absolute atomic E-state index is 0.0400. The number of carboxylic acids is 1. The van der Waals surface area contributed by atoms with Crippen LogP contribution >= 0.6 is 0 Å². The quantitative estimate of drug-likeness (QED) is 0.120. The van der Waals surface area contributed by atoms with E-state index < -0.39 is 5.97 Å². The molecule has 10 rings (SSSR count). The summed E-state index contributed by atoms with van der Waals surface area (Å²) >= 11 is 0. The number of methoxy groups -OCH3 is 2. The number of nitrogens with zero attached hydrogens (tertiary/aromatic N) is 5. The number of hydrogen-bond acceptors (Lipinski definition) is 11. The second kappa shape index (κ2) is 20.0. The lowest BCUT2D eigenvalue weighted by atomic mass is 9.94. The second-order valence-electron chi connectivity index (χ2n) is 16.8. The highest BCUT2D eigenvalue weighted by Crippen LogP contribution is 2.34. The third-order valence-corrected chi connectivity index (χ3v) is 12.3. The first-order valence-corrected chi connectivity index (χ1v) is 22.2. The fourth-order valence-corrected chi connectivity index (χ4v) is 8.90. The number of hydrogen-bond donors (Lipinski definition) is 2. The van der Waals surface area contributed by atoms with Gasteiger partial charge in [-0.25, -0.2) is 0 Å². The van der Waals surface area contributed by atoms with E-state index in [1.54, 1.807) is 14.2 Å². The van der Waals surface area contributed by atoms with Gasteiger partial charge in [0.15, 0.2) is 0 Å². The van der Waals surface area contributed by atoms with Crippen LogP contribution in [0.25, 0.3) is 67.9 Å². The van der Waals surface area contributed by atoms with Gasteiger partial charge < -0.3 is 28.9 Å². The van der Waals surface area contributed by atoms with Crippen LogP contribution in [0.15, 0.2) is 130 Å². The summed E-state index contributed by atoms with van der Waals surface area (Å²) in [5.41, 5.74) is 17.8. The summed E-state index contributed by atoms with van der Waals surface area (Å²) in [6.07, 6.45) is 1.89. The average molecular weight is 881 g/mol. The zero-order chi connectivity index (χ0) is 45.6. The lowest BCUT2D eigenvalue weighted by molar-refractivity contribution is -0.138. The van der Waals surface area contributed by atoms with Crippen molar-refractivity contribution in [3.63, 3.8) is 0 Å². The van der Waals surface area contributed by atoms with Gasteiger partial charge >= 0.3 is 5.97 Å². The van der Waals surface area contributed by atoms with Crippen LogP contribution < -0.4 is 5.32 Å². The number of carbonyl (C=O) groups is 1. The first kappa shape index (κ1) is 44.1. The summed E-state index contributed by atoms with van der Waals surface area (Å²) in [6, 6.07) is 41.5. The minimum Gasteiger partial charge on any atom is -0.480 e. The van der Waals surface area contributed by atoms with Gasteiger partial charge in [-0.2, -0.15) is 9.97 Å². The number of ether oxygens (including phenoxy) is 2. The molecule has 0 atom stereocenters. The van der Waals surface area contributed by atoms with Crippen LogP contribution in [0.2, 0.25) is 0 Å². The maximum atomic E-state index is 11.1. The number of aryl methyl sites for hydroxylation is 2. The molecule has 12 heteroatoms. The first-order chi connectivity index (χ1) is 32.2. The monoisotopic (exact) mass is 880 g/mol. The zero-order valence-corrected chi connectivity index (χ0v) is 37.6. The summed E-state index contributed by atoms with van der Waals surface area (Å²) in [4.78, 5) is 22.4. The van der Waals surface area contributed by atoms with E-state index in [1.165, 1.54) is 38.9 Å². The molecule has 0 spiro atoms.